The van der Waals surface area contributed by atoms with E-state index < -0.39 is 0 Å². The van der Waals surface area contributed by atoms with E-state index in [0.717, 1.165) is 19.4 Å². The van der Waals surface area contributed by atoms with Crippen LogP contribution >= 0.6 is 0 Å². The van der Waals surface area contributed by atoms with Gasteiger partial charge in [0.15, 0.2) is 0 Å². The summed E-state index contributed by atoms with van der Waals surface area (Å²) in [5.74, 6) is 1.00. The van der Waals surface area contributed by atoms with Gasteiger partial charge in [-0.25, -0.2) is 0 Å². The predicted molar refractivity (Wildman–Crippen MR) is 69.6 cm³/mol. The van der Waals surface area contributed by atoms with Gasteiger partial charge < -0.3 is 0 Å². The van der Waals surface area contributed by atoms with E-state index in [9.17, 15) is 5.26 Å². The molecule has 2 rings (SSSR count). The first-order valence-corrected chi connectivity index (χ1v) is 6.42. The Kier molecular flexibility index (Phi) is 3.81. The molecule has 1 heterocycles. The number of hydrogen-bond donors (Lipinski definition) is 0. The van der Waals surface area contributed by atoms with Crippen LogP contribution in [0, 0.1) is 17.2 Å². The van der Waals surface area contributed by atoms with Crippen molar-refractivity contribution < 1.29 is 0 Å². The minimum Gasteiger partial charge on any atom is -0.291 e. The highest BCUT2D eigenvalue weighted by Gasteiger charge is 2.35. The Morgan fingerprint density at radius 2 is 2.06 bits per heavy atom. The highest BCUT2D eigenvalue weighted by Crippen LogP contribution is 2.37. The normalized spacial score (nSPS) is 29.8. The average molecular weight is 228 g/mol. The summed E-state index contributed by atoms with van der Waals surface area (Å²) in [7, 11) is 2.07. The van der Waals surface area contributed by atoms with E-state index in [2.05, 4.69) is 55.3 Å². The van der Waals surface area contributed by atoms with E-state index in [-0.39, 0.29) is 6.04 Å². The zero-order chi connectivity index (χ0) is 12.3. The first-order chi connectivity index (χ1) is 8.27. The summed E-state index contributed by atoms with van der Waals surface area (Å²) in [6.07, 6.45) is 2.24. The van der Waals surface area contributed by atoms with Crippen molar-refractivity contribution in [3.05, 3.63) is 35.9 Å². The van der Waals surface area contributed by atoms with Gasteiger partial charge in [-0.1, -0.05) is 43.7 Å². The topological polar surface area (TPSA) is 27.0 Å². The van der Waals surface area contributed by atoms with Crippen molar-refractivity contribution >= 4 is 0 Å². The summed E-state index contributed by atoms with van der Waals surface area (Å²) >= 11 is 0. The third-order valence-electron chi connectivity index (χ3n) is 4.02. The summed E-state index contributed by atoms with van der Waals surface area (Å²) in [6, 6.07) is 13.2. The van der Waals surface area contributed by atoms with Gasteiger partial charge in [0.2, 0.25) is 0 Å². The maximum absolute atomic E-state index is 9.34. The lowest BCUT2D eigenvalue weighted by Crippen LogP contribution is -2.45. The van der Waals surface area contributed by atoms with Gasteiger partial charge in [-0.3, -0.25) is 4.90 Å². The second-order valence-corrected chi connectivity index (χ2v) is 4.93. The van der Waals surface area contributed by atoms with Gasteiger partial charge in [0, 0.05) is 0 Å². The number of piperidine rings is 1. The van der Waals surface area contributed by atoms with Crippen LogP contribution in [-0.4, -0.2) is 24.5 Å². The highest BCUT2D eigenvalue weighted by molar-refractivity contribution is 5.23. The molecule has 0 spiro atoms. The first kappa shape index (κ1) is 12.1. The predicted octanol–water partition coefficient (Wildman–Crippen LogP) is 3.02. The van der Waals surface area contributed by atoms with Crippen LogP contribution in [0.3, 0.4) is 0 Å². The molecule has 3 unspecified atom stereocenters. The second kappa shape index (κ2) is 5.33. The van der Waals surface area contributed by atoms with Crippen LogP contribution in [0.4, 0.5) is 0 Å². The summed E-state index contributed by atoms with van der Waals surface area (Å²) in [6.45, 7) is 3.22. The maximum atomic E-state index is 9.34. The third-order valence-corrected chi connectivity index (χ3v) is 4.02. The summed E-state index contributed by atoms with van der Waals surface area (Å²) in [5.41, 5.74) is 1.40. The number of benzene rings is 1. The number of hydrogen-bond acceptors (Lipinski definition) is 2. The quantitative estimate of drug-likeness (QED) is 0.778. The Balaban J connectivity index is 2.26. The van der Waals surface area contributed by atoms with Crippen LogP contribution in [0.25, 0.3) is 0 Å². The van der Waals surface area contributed by atoms with E-state index in [1.165, 1.54) is 5.56 Å². The maximum Gasteiger partial charge on any atom is 0.101 e. The Bertz CT molecular complexity index is 393. The second-order valence-electron chi connectivity index (χ2n) is 4.93. The van der Waals surface area contributed by atoms with Gasteiger partial charge in [-0.05, 0) is 37.4 Å². The van der Waals surface area contributed by atoms with Gasteiger partial charge >= 0.3 is 0 Å². The molecule has 0 radical (unpaired) electrons. The fourth-order valence-corrected chi connectivity index (χ4v) is 3.06. The molecule has 0 aromatic heterocycles. The molecule has 3 atom stereocenters. The van der Waals surface area contributed by atoms with Gasteiger partial charge in [0.1, 0.15) is 6.04 Å². The lowest BCUT2D eigenvalue weighted by atomic mass is 9.75. The van der Waals surface area contributed by atoms with Crippen molar-refractivity contribution in [2.75, 3.05) is 13.6 Å². The summed E-state index contributed by atoms with van der Waals surface area (Å²) < 4.78 is 0. The van der Waals surface area contributed by atoms with Crippen LogP contribution in [0.5, 0.6) is 0 Å². The van der Waals surface area contributed by atoms with E-state index >= 15 is 0 Å². The fraction of sp³-hybridized carbons (Fsp3) is 0.533. The van der Waals surface area contributed by atoms with Crippen LogP contribution in [0.1, 0.15) is 31.2 Å². The molecular weight excluding hydrogens is 208 g/mol. The lowest BCUT2D eigenvalue weighted by molar-refractivity contribution is 0.134. The Labute approximate surface area is 104 Å². The van der Waals surface area contributed by atoms with Crippen molar-refractivity contribution in [1.82, 2.24) is 4.90 Å². The van der Waals surface area contributed by atoms with Crippen molar-refractivity contribution in [1.29, 1.82) is 5.26 Å². The zero-order valence-electron chi connectivity index (χ0n) is 10.6. The smallest absolute Gasteiger partial charge is 0.101 e. The minimum absolute atomic E-state index is 0.0685. The fourth-order valence-electron chi connectivity index (χ4n) is 3.06. The summed E-state index contributed by atoms with van der Waals surface area (Å²) in [4.78, 5) is 2.20. The van der Waals surface area contributed by atoms with E-state index in [4.69, 9.17) is 0 Å². The molecule has 0 amide bonds. The van der Waals surface area contributed by atoms with E-state index in [1.54, 1.807) is 0 Å². The molecule has 0 bridgehead atoms. The molecule has 17 heavy (non-hydrogen) atoms. The number of nitrogens with zero attached hydrogens (tertiary/aromatic N) is 2. The monoisotopic (exact) mass is 228 g/mol. The molecule has 2 nitrogen and oxygen atoms in total. The van der Waals surface area contributed by atoms with Crippen molar-refractivity contribution in [3.8, 4) is 6.07 Å². The largest absolute Gasteiger partial charge is 0.291 e. The van der Waals surface area contributed by atoms with Gasteiger partial charge in [0.05, 0.1) is 6.07 Å². The standard InChI is InChI=1S/C15H20N2/c1-3-13-14(12-7-5-4-6-8-12)9-10-17(2)15(13)11-16/h4-8,13-15H,3,9-10H2,1-2H3. The minimum atomic E-state index is 0.0685. The third kappa shape index (κ3) is 2.35. The molecule has 1 saturated heterocycles. The average Bonchev–Trinajstić information content (AvgIpc) is 2.39. The zero-order valence-corrected chi connectivity index (χ0v) is 10.6. The number of likely N-dealkylation sites (tertiary alicyclic amines) is 1. The molecule has 1 aromatic rings. The van der Waals surface area contributed by atoms with Crippen LogP contribution in [-0.2, 0) is 0 Å². The van der Waals surface area contributed by atoms with Crippen LogP contribution in [0.15, 0.2) is 30.3 Å². The molecule has 0 N–H and O–H groups in total. The molecule has 90 valence electrons. The Morgan fingerprint density at radius 3 is 2.65 bits per heavy atom. The van der Waals surface area contributed by atoms with E-state index in [1.807, 2.05) is 0 Å². The van der Waals surface area contributed by atoms with E-state index in [0.29, 0.717) is 11.8 Å². The number of nitriles is 1. The molecule has 0 aliphatic carbocycles. The lowest BCUT2D eigenvalue weighted by Gasteiger charge is -2.40. The Morgan fingerprint density at radius 1 is 1.35 bits per heavy atom. The molecule has 1 aliphatic heterocycles. The molecule has 1 aliphatic rings. The van der Waals surface area contributed by atoms with Crippen molar-refractivity contribution in [2.45, 2.75) is 31.7 Å². The van der Waals surface area contributed by atoms with Crippen LogP contribution in [0.2, 0.25) is 0 Å². The Hall–Kier alpha value is -1.33. The number of rotatable bonds is 2. The SMILES string of the molecule is CCC1C(c2ccccc2)CCN(C)C1C#N. The molecule has 1 fully saturated rings. The van der Waals surface area contributed by atoms with Gasteiger partial charge in [-0.2, -0.15) is 5.26 Å². The molecule has 1 aromatic carbocycles. The molecule has 0 saturated carbocycles. The van der Waals surface area contributed by atoms with Crippen molar-refractivity contribution in [3.63, 3.8) is 0 Å². The molecule has 2 heteroatoms. The summed E-state index contributed by atoms with van der Waals surface area (Å²) in [5, 5.41) is 9.34. The van der Waals surface area contributed by atoms with Gasteiger partial charge in [-0.15, -0.1) is 0 Å². The first-order valence-electron chi connectivity index (χ1n) is 6.42. The van der Waals surface area contributed by atoms with Crippen molar-refractivity contribution in [2.24, 2.45) is 5.92 Å². The highest BCUT2D eigenvalue weighted by atomic mass is 15.1. The molecular formula is C15H20N2. The van der Waals surface area contributed by atoms with Crippen LogP contribution < -0.4 is 0 Å². The van der Waals surface area contributed by atoms with Gasteiger partial charge in [0.25, 0.3) is 0 Å².